The van der Waals surface area contributed by atoms with E-state index in [0.29, 0.717) is 11.2 Å². The van der Waals surface area contributed by atoms with Gasteiger partial charge in [0.2, 0.25) is 0 Å². The van der Waals surface area contributed by atoms with Crippen molar-refractivity contribution in [1.29, 1.82) is 0 Å². The molecule has 5 rings (SSSR count). The molecular formula is C23H16N2OS. The van der Waals surface area contributed by atoms with Crippen LogP contribution in [0.4, 0.5) is 0 Å². The van der Waals surface area contributed by atoms with Gasteiger partial charge in [0.15, 0.2) is 0 Å². The Labute approximate surface area is 160 Å². The van der Waals surface area contributed by atoms with Gasteiger partial charge in [-0.3, -0.25) is 4.79 Å². The third-order valence-electron chi connectivity index (χ3n) is 4.90. The molecule has 27 heavy (non-hydrogen) atoms. The summed E-state index contributed by atoms with van der Waals surface area (Å²) in [5, 5.41) is 5.04. The van der Waals surface area contributed by atoms with Gasteiger partial charge < -0.3 is 4.98 Å². The third-order valence-corrected chi connectivity index (χ3v) is 5.78. The molecule has 0 aliphatic rings. The van der Waals surface area contributed by atoms with E-state index < -0.39 is 0 Å². The fraction of sp³-hybridized carbons (Fsp3) is 0.0435. The smallest absolute Gasteiger partial charge is 0.260 e. The fourth-order valence-corrected chi connectivity index (χ4v) is 4.43. The average molecular weight is 368 g/mol. The highest BCUT2D eigenvalue weighted by Gasteiger charge is 2.14. The maximum Gasteiger partial charge on any atom is 0.260 e. The molecule has 0 saturated carbocycles. The van der Waals surface area contributed by atoms with E-state index in [1.807, 2.05) is 48.7 Å². The van der Waals surface area contributed by atoms with Crippen molar-refractivity contribution >= 4 is 32.3 Å². The van der Waals surface area contributed by atoms with Gasteiger partial charge in [0.1, 0.15) is 10.7 Å². The van der Waals surface area contributed by atoms with Gasteiger partial charge in [-0.25, -0.2) is 4.98 Å². The molecule has 130 valence electrons. The maximum absolute atomic E-state index is 12.9. The average Bonchev–Trinajstić information content (AvgIpc) is 3.12. The number of thiophene rings is 1. The first kappa shape index (κ1) is 16.0. The lowest BCUT2D eigenvalue weighted by molar-refractivity contribution is 1.18. The number of hydrogen-bond acceptors (Lipinski definition) is 3. The van der Waals surface area contributed by atoms with Crippen molar-refractivity contribution in [3.63, 3.8) is 0 Å². The molecule has 0 unspecified atom stereocenters. The van der Waals surface area contributed by atoms with Gasteiger partial charge in [0, 0.05) is 16.5 Å². The summed E-state index contributed by atoms with van der Waals surface area (Å²) in [5.74, 6) is 0.623. The highest BCUT2D eigenvalue weighted by Crippen LogP contribution is 2.33. The summed E-state index contributed by atoms with van der Waals surface area (Å²) in [5.41, 5.74) is 3.92. The second kappa shape index (κ2) is 6.18. The molecule has 0 atom stereocenters. The number of rotatable bonds is 2. The van der Waals surface area contributed by atoms with E-state index in [-0.39, 0.29) is 5.56 Å². The normalized spacial score (nSPS) is 11.3. The summed E-state index contributed by atoms with van der Waals surface area (Å²) in [7, 11) is 0. The van der Waals surface area contributed by atoms with Crippen LogP contribution in [0.15, 0.2) is 76.9 Å². The van der Waals surface area contributed by atoms with E-state index in [2.05, 4.69) is 35.3 Å². The third kappa shape index (κ3) is 2.66. The van der Waals surface area contributed by atoms with Crippen molar-refractivity contribution in [1.82, 2.24) is 9.97 Å². The van der Waals surface area contributed by atoms with E-state index >= 15 is 0 Å². The van der Waals surface area contributed by atoms with Crippen molar-refractivity contribution in [2.24, 2.45) is 0 Å². The number of benzene rings is 3. The van der Waals surface area contributed by atoms with Crippen molar-refractivity contribution in [2.45, 2.75) is 6.92 Å². The van der Waals surface area contributed by atoms with Gasteiger partial charge in [0.25, 0.3) is 5.56 Å². The van der Waals surface area contributed by atoms with E-state index in [0.717, 1.165) is 32.5 Å². The van der Waals surface area contributed by atoms with Crippen LogP contribution in [0.5, 0.6) is 0 Å². The number of aromatic nitrogens is 2. The monoisotopic (exact) mass is 368 g/mol. The van der Waals surface area contributed by atoms with Crippen LogP contribution in [0, 0.1) is 6.92 Å². The molecule has 0 spiro atoms. The quantitative estimate of drug-likeness (QED) is 0.429. The van der Waals surface area contributed by atoms with Crippen molar-refractivity contribution < 1.29 is 0 Å². The minimum Gasteiger partial charge on any atom is -0.306 e. The first-order valence-corrected chi connectivity index (χ1v) is 9.65. The van der Waals surface area contributed by atoms with Crippen LogP contribution in [-0.4, -0.2) is 9.97 Å². The zero-order chi connectivity index (χ0) is 18.4. The van der Waals surface area contributed by atoms with Crippen LogP contribution >= 0.6 is 11.3 Å². The molecule has 5 aromatic rings. The molecule has 0 fully saturated rings. The summed E-state index contributed by atoms with van der Waals surface area (Å²) < 4.78 is 0. The lowest BCUT2D eigenvalue weighted by atomic mass is 10.0. The second-order valence-electron chi connectivity index (χ2n) is 6.62. The van der Waals surface area contributed by atoms with Gasteiger partial charge in [0.05, 0.1) is 5.39 Å². The molecule has 3 aromatic carbocycles. The predicted molar refractivity (Wildman–Crippen MR) is 113 cm³/mol. The van der Waals surface area contributed by atoms with E-state index in [1.54, 1.807) is 0 Å². The predicted octanol–water partition coefficient (Wildman–Crippen LogP) is 5.78. The van der Waals surface area contributed by atoms with Crippen molar-refractivity contribution in [3.8, 4) is 22.5 Å². The summed E-state index contributed by atoms with van der Waals surface area (Å²) in [6, 6.07) is 22.5. The highest BCUT2D eigenvalue weighted by atomic mass is 32.1. The Kier molecular flexibility index (Phi) is 3.66. The molecule has 0 amide bonds. The number of fused-ring (bicyclic) bond motifs is 2. The minimum absolute atomic E-state index is 0.0948. The molecule has 3 nitrogen and oxygen atoms in total. The number of H-pyrrole nitrogens is 1. The Hall–Kier alpha value is -3.24. The molecule has 0 aliphatic carbocycles. The lowest BCUT2D eigenvalue weighted by Gasteiger charge is -2.06. The summed E-state index contributed by atoms with van der Waals surface area (Å²) in [4.78, 5) is 21.4. The Morgan fingerprint density at radius 2 is 1.67 bits per heavy atom. The fourth-order valence-electron chi connectivity index (χ4n) is 3.48. The Morgan fingerprint density at radius 3 is 2.52 bits per heavy atom. The lowest BCUT2D eigenvalue weighted by Crippen LogP contribution is -2.09. The van der Waals surface area contributed by atoms with Crippen LogP contribution in [0.25, 0.3) is 43.5 Å². The SMILES string of the molecule is Cc1ccccc1-c1nc2scc(-c3ccc4ccccc4c3)c2c(=O)[nH]1. The number of aryl methyl sites for hydroxylation is 1. The number of nitrogens with zero attached hydrogens (tertiary/aromatic N) is 1. The molecule has 0 aliphatic heterocycles. The molecule has 2 heterocycles. The van der Waals surface area contributed by atoms with Crippen LogP contribution in [-0.2, 0) is 0 Å². The minimum atomic E-state index is -0.0948. The maximum atomic E-state index is 12.9. The number of aromatic amines is 1. The Morgan fingerprint density at radius 1 is 0.889 bits per heavy atom. The van der Waals surface area contributed by atoms with Gasteiger partial charge in [-0.05, 0) is 34.9 Å². The Balaban J connectivity index is 1.71. The van der Waals surface area contributed by atoms with Crippen molar-refractivity contribution in [3.05, 3.63) is 88.0 Å². The van der Waals surface area contributed by atoms with E-state index in [4.69, 9.17) is 4.98 Å². The molecule has 1 N–H and O–H groups in total. The number of hydrogen-bond donors (Lipinski definition) is 1. The topological polar surface area (TPSA) is 45.8 Å². The highest BCUT2D eigenvalue weighted by molar-refractivity contribution is 7.17. The largest absolute Gasteiger partial charge is 0.306 e. The molecule has 0 saturated heterocycles. The first-order valence-electron chi connectivity index (χ1n) is 8.77. The van der Waals surface area contributed by atoms with Crippen LogP contribution in [0.3, 0.4) is 0 Å². The van der Waals surface area contributed by atoms with Crippen LogP contribution < -0.4 is 5.56 Å². The summed E-state index contributed by atoms with van der Waals surface area (Å²) in [6.45, 7) is 2.02. The zero-order valence-electron chi connectivity index (χ0n) is 14.7. The zero-order valence-corrected chi connectivity index (χ0v) is 15.5. The molecule has 4 heteroatoms. The standard InChI is InChI=1S/C23H16N2OS/c1-14-6-2-5-9-18(14)21-24-22(26)20-19(13-27-23(20)25-21)17-11-10-15-7-3-4-8-16(15)12-17/h2-13H,1H3,(H,24,25,26). The van der Waals surface area contributed by atoms with Gasteiger partial charge in [-0.15, -0.1) is 11.3 Å². The molecular weight excluding hydrogens is 352 g/mol. The van der Waals surface area contributed by atoms with Crippen LogP contribution in [0.2, 0.25) is 0 Å². The molecule has 0 bridgehead atoms. The van der Waals surface area contributed by atoms with Gasteiger partial charge in [-0.1, -0.05) is 60.7 Å². The van der Waals surface area contributed by atoms with Crippen molar-refractivity contribution in [2.75, 3.05) is 0 Å². The molecule has 2 aromatic heterocycles. The second-order valence-corrected chi connectivity index (χ2v) is 7.48. The summed E-state index contributed by atoms with van der Waals surface area (Å²) in [6.07, 6.45) is 0. The van der Waals surface area contributed by atoms with Crippen LogP contribution in [0.1, 0.15) is 5.56 Å². The van der Waals surface area contributed by atoms with Gasteiger partial charge >= 0.3 is 0 Å². The van der Waals surface area contributed by atoms with E-state index in [1.165, 1.54) is 16.7 Å². The van der Waals surface area contributed by atoms with E-state index in [9.17, 15) is 4.79 Å². The summed E-state index contributed by atoms with van der Waals surface area (Å²) >= 11 is 1.51. The number of nitrogens with one attached hydrogen (secondary N) is 1. The van der Waals surface area contributed by atoms with Gasteiger partial charge in [-0.2, -0.15) is 0 Å². The Bertz CT molecular complexity index is 1360. The first-order chi connectivity index (χ1) is 13.2. The molecule has 0 radical (unpaired) electrons.